The molecular weight excluding hydrogens is 293 g/mol. The van der Waals surface area contributed by atoms with Crippen LogP contribution in [-0.2, 0) is 5.75 Å². The number of rotatable bonds is 3. The van der Waals surface area contributed by atoms with E-state index in [1.165, 1.54) is 34.2 Å². The Morgan fingerprint density at radius 1 is 0.955 bits per heavy atom. The van der Waals surface area contributed by atoms with E-state index in [2.05, 4.69) is 39.0 Å². The van der Waals surface area contributed by atoms with Gasteiger partial charge in [-0.05, 0) is 61.7 Å². The Labute approximate surface area is 134 Å². The van der Waals surface area contributed by atoms with E-state index in [1.807, 2.05) is 12.1 Å². The molecule has 0 atom stereocenters. The summed E-state index contributed by atoms with van der Waals surface area (Å²) in [5, 5.41) is 2.24. The lowest BCUT2D eigenvalue weighted by atomic mass is 10.0. The molecule has 1 heterocycles. The highest BCUT2D eigenvalue weighted by atomic mass is 32.2. The summed E-state index contributed by atoms with van der Waals surface area (Å²) in [6.45, 7) is 6.35. The van der Waals surface area contributed by atoms with Crippen LogP contribution >= 0.6 is 11.8 Å². The summed E-state index contributed by atoms with van der Waals surface area (Å²) in [6, 6.07) is 13.1. The smallest absolute Gasteiger partial charge is 0.123 e. The van der Waals surface area contributed by atoms with Crippen LogP contribution in [-0.4, -0.2) is 4.98 Å². The Morgan fingerprint density at radius 3 is 2.41 bits per heavy atom. The molecule has 3 rings (SSSR count). The number of hydrogen-bond donors (Lipinski definition) is 0. The molecule has 2 aromatic carbocycles. The first-order valence-electron chi connectivity index (χ1n) is 7.29. The zero-order chi connectivity index (χ0) is 15.7. The molecule has 3 heteroatoms. The van der Waals surface area contributed by atoms with Gasteiger partial charge in [0.05, 0.1) is 10.5 Å². The highest BCUT2D eigenvalue weighted by Crippen LogP contribution is 2.28. The topological polar surface area (TPSA) is 12.9 Å². The van der Waals surface area contributed by atoms with Crippen LogP contribution in [0.1, 0.15) is 22.3 Å². The maximum absolute atomic E-state index is 12.9. The van der Waals surface area contributed by atoms with Gasteiger partial charge in [-0.3, -0.25) is 0 Å². The van der Waals surface area contributed by atoms with Crippen molar-refractivity contribution in [3.05, 3.63) is 70.5 Å². The fraction of sp³-hybridized carbons (Fsp3) is 0.211. The van der Waals surface area contributed by atoms with Crippen molar-refractivity contribution < 1.29 is 4.39 Å². The van der Waals surface area contributed by atoms with E-state index in [-0.39, 0.29) is 5.82 Å². The molecule has 0 aliphatic heterocycles. The number of aromatic nitrogens is 1. The Hall–Kier alpha value is -1.87. The molecule has 0 saturated heterocycles. The summed E-state index contributed by atoms with van der Waals surface area (Å²) < 4.78 is 12.9. The molecule has 112 valence electrons. The lowest BCUT2D eigenvalue weighted by Crippen LogP contribution is -1.92. The van der Waals surface area contributed by atoms with Crippen molar-refractivity contribution in [2.45, 2.75) is 31.6 Å². The number of benzene rings is 2. The van der Waals surface area contributed by atoms with Gasteiger partial charge >= 0.3 is 0 Å². The van der Waals surface area contributed by atoms with Crippen LogP contribution in [0.25, 0.3) is 10.9 Å². The van der Waals surface area contributed by atoms with Gasteiger partial charge in [-0.25, -0.2) is 9.37 Å². The highest BCUT2D eigenvalue weighted by molar-refractivity contribution is 7.98. The van der Waals surface area contributed by atoms with Gasteiger partial charge in [0.25, 0.3) is 0 Å². The SMILES string of the molecule is Cc1cc(C)c2nc(SCc3ccc(F)cc3)cc(C)c2c1. The first kappa shape index (κ1) is 15.0. The van der Waals surface area contributed by atoms with E-state index in [1.54, 1.807) is 11.8 Å². The Kier molecular flexibility index (Phi) is 4.16. The number of halogens is 1. The van der Waals surface area contributed by atoms with Crippen molar-refractivity contribution in [3.8, 4) is 0 Å². The Balaban J connectivity index is 1.90. The zero-order valence-corrected chi connectivity index (χ0v) is 13.8. The maximum atomic E-state index is 12.9. The average molecular weight is 311 g/mol. The number of fused-ring (bicyclic) bond motifs is 1. The van der Waals surface area contributed by atoms with E-state index >= 15 is 0 Å². The lowest BCUT2D eigenvalue weighted by Gasteiger charge is -2.09. The van der Waals surface area contributed by atoms with E-state index < -0.39 is 0 Å². The molecule has 0 unspecified atom stereocenters. The van der Waals surface area contributed by atoms with Gasteiger partial charge in [0.1, 0.15) is 5.82 Å². The van der Waals surface area contributed by atoms with Gasteiger partial charge in [0, 0.05) is 11.1 Å². The lowest BCUT2D eigenvalue weighted by molar-refractivity contribution is 0.627. The fourth-order valence-corrected chi connectivity index (χ4v) is 3.55. The zero-order valence-electron chi connectivity index (χ0n) is 13.0. The fourth-order valence-electron chi connectivity index (χ4n) is 2.63. The number of pyridine rings is 1. The van der Waals surface area contributed by atoms with E-state index in [0.717, 1.165) is 21.9 Å². The van der Waals surface area contributed by atoms with Gasteiger partial charge in [-0.1, -0.05) is 23.8 Å². The van der Waals surface area contributed by atoms with Crippen LogP contribution in [0.3, 0.4) is 0 Å². The van der Waals surface area contributed by atoms with Crippen LogP contribution in [0.2, 0.25) is 0 Å². The molecule has 0 saturated carbocycles. The van der Waals surface area contributed by atoms with Crippen molar-refractivity contribution in [1.82, 2.24) is 4.98 Å². The minimum absolute atomic E-state index is 0.195. The van der Waals surface area contributed by atoms with Gasteiger partial charge in [-0.2, -0.15) is 0 Å². The molecule has 0 amide bonds. The second-order valence-corrected chi connectivity index (χ2v) is 6.67. The molecular formula is C19H18FNS. The second-order valence-electron chi connectivity index (χ2n) is 5.67. The summed E-state index contributed by atoms with van der Waals surface area (Å²) in [6.07, 6.45) is 0. The van der Waals surface area contributed by atoms with Crippen LogP contribution < -0.4 is 0 Å². The van der Waals surface area contributed by atoms with Crippen LogP contribution in [0.4, 0.5) is 4.39 Å². The molecule has 0 radical (unpaired) electrons. The third-order valence-corrected chi connectivity index (χ3v) is 4.71. The summed E-state index contributed by atoms with van der Waals surface area (Å²) >= 11 is 1.69. The predicted octanol–water partition coefficient (Wildman–Crippen LogP) is 5.59. The molecule has 0 spiro atoms. The third-order valence-electron chi connectivity index (χ3n) is 3.73. The van der Waals surface area contributed by atoms with Crippen LogP contribution in [0.15, 0.2) is 47.5 Å². The van der Waals surface area contributed by atoms with Crippen molar-refractivity contribution in [3.63, 3.8) is 0 Å². The normalized spacial score (nSPS) is 11.1. The predicted molar refractivity (Wildman–Crippen MR) is 91.9 cm³/mol. The molecule has 3 aromatic rings. The first-order valence-corrected chi connectivity index (χ1v) is 8.27. The third kappa shape index (κ3) is 3.14. The van der Waals surface area contributed by atoms with E-state index in [0.29, 0.717) is 0 Å². The van der Waals surface area contributed by atoms with Crippen molar-refractivity contribution >= 4 is 22.7 Å². The molecule has 0 bridgehead atoms. The number of thioether (sulfide) groups is 1. The van der Waals surface area contributed by atoms with Gasteiger partial charge in [0.2, 0.25) is 0 Å². The second kappa shape index (κ2) is 6.09. The maximum Gasteiger partial charge on any atom is 0.123 e. The summed E-state index contributed by atoms with van der Waals surface area (Å²) in [7, 11) is 0. The van der Waals surface area contributed by atoms with Gasteiger partial charge in [0.15, 0.2) is 0 Å². The minimum Gasteiger partial charge on any atom is -0.241 e. The molecule has 22 heavy (non-hydrogen) atoms. The molecule has 0 fully saturated rings. The van der Waals surface area contributed by atoms with Crippen molar-refractivity contribution in [2.75, 3.05) is 0 Å². The molecule has 1 aromatic heterocycles. The monoisotopic (exact) mass is 311 g/mol. The standard InChI is InChI=1S/C19H18FNS/c1-12-8-14(3)19-17(9-12)13(2)10-18(21-19)22-11-15-4-6-16(20)7-5-15/h4-10H,11H2,1-3H3. The molecule has 0 aliphatic rings. The quantitative estimate of drug-likeness (QED) is 0.585. The van der Waals surface area contributed by atoms with Crippen LogP contribution in [0.5, 0.6) is 0 Å². The van der Waals surface area contributed by atoms with Gasteiger partial charge < -0.3 is 0 Å². The van der Waals surface area contributed by atoms with E-state index in [9.17, 15) is 4.39 Å². The Bertz CT molecular complexity index is 825. The van der Waals surface area contributed by atoms with Crippen molar-refractivity contribution in [1.29, 1.82) is 0 Å². The molecule has 0 N–H and O–H groups in total. The number of hydrogen-bond acceptors (Lipinski definition) is 2. The summed E-state index contributed by atoms with van der Waals surface area (Å²) in [5.74, 6) is 0.600. The largest absolute Gasteiger partial charge is 0.241 e. The minimum atomic E-state index is -0.195. The molecule has 0 aliphatic carbocycles. The van der Waals surface area contributed by atoms with Gasteiger partial charge in [-0.15, -0.1) is 11.8 Å². The van der Waals surface area contributed by atoms with Crippen molar-refractivity contribution in [2.24, 2.45) is 0 Å². The highest BCUT2D eigenvalue weighted by Gasteiger charge is 2.07. The first-order chi connectivity index (χ1) is 10.5. The summed E-state index contributed by atoms with van der Waals surface area (Å²) in [4.78, 5) is 4.80. The number of nitrogens with zero attached hydrogens (tertiary/aromatic N) is 1. The average Bonchev–Trinajstić information content (AvgIpc) is 2.48. The molecule has 1 nitrogen and oxygen atoms in total. The summed E-state index contributed by atoms with van der Waals surface area (Å²) in [5.41, 5.74) is 5.90. The number of aryl methyl sites for hydroxylation is 3. The van der Waals surface area contributed by atoms with E-state index in [4.69, 9.17) is 4.98 Å². The Morgan fingerprint density at radius 2 is 1.68 bits per heavy atom. The van der Waals surface area contributed by atoms with Crippen LogP contribution in [0, 0.1) is 26.6 Å².